The molecule has 2 amide bonds. The summed E-state index contributed by atoms with van der Waals surface area (Å²) < 4.78 is 0. The molecule has 1 unspecified atom stereocenters. The zero-order valence-corrected chi connectivity index (χ0v) is 13.3. The summed E-state index contributed by atoms with van der Waals surface area (Å²) in [6, 6.07) is -0.222. The Bertz CT molecular complexity index is 631. The molecule has 6 heteroatoms. The Hall–Kier alpha value is -2.29. The first kappa shape index (κ1) is 16.1. The van der Waals surface area contributed by atoms with Crippen molar-refractivity contribution in [1.29, 1.82) is 0 Å². The number of nitrogens with zero attached hydrogens (tertiary/aromatic N) is 2. The number of H-pyrrole nitrogens is 1. The smallest absolute Gasteiger partial charge is 0.299 e. The average Bonchev–Trinajstić information content (AvgIpc) is 2.93. The molecule has 2 heterocycles. The van der Waals surface area contributed by atoms with Gasteiger partial charge in [-0.15, -0.1) is 0 Å². The zero-order chi connectivity index (χ0) is 16.3. The van der Waals surface area contributed by atoms with E-state index in [9.17, 15) is 9.59 Å². The van der Waals surface area contributed by atoms with E-state index in [1.807, 2.05) is 20.8 Å². The van der Waals surface area contributed by atoms with Crippen molar-refractivity contribution < 1.29 is 9.59 Å². The van der Waals surface area contributed by atoms with E-state index in [2.05, 4.69) is 22.0 Å². The molecule has 22 heavy (non-hydrogen) atoms. The predicted molar refractivity (Wildman–Crippen MR) is 82.6 cm³/mol. The van der Waals surface area contributed by atoms with Crippen LogP contribution in [0.5, 0.6) is 0 Å². The fraction of sp³-hybridized carbons (Fsp3) is 0.562. The van der Waals surface area contributed by atoms with Crippen LogP contribution in [0.15, 0.2) is 6.20 Å². The van der Waals surface area contributed by atoms with Crippen molar-refractivity contribution in [1.82, 2.24) is 15.1 Å². The molecule has 1 atom stereocenters. The predicted octanol–water partition coefficient (Wildman–Crippen LogP) is 1.61. The number of nitrogens with two attached hydrogens (primary N) is 1. The van der Waals surface area contributed by atoms with E-state index in [0.717, 1.165) is 19.3 Å². The summed E-state index contributed by atoms with van der Waals surface area (Å²) in [6.07, 6.45) is 4.10. The molecule has 0 aromatic carbocycles. The lowest BCUT2D eigenvalue weighted by atomic mass is 9.96. The zero-order valence-electron chi connectivity index (χ0n) is 13.3. The molecule has 0 aliphatic carbocycles. The van der Waals surface area contributed by atoms with Gasteiger partial charge in [0, 0.05) is 12.0 Å². The van der Waals surface area contributed by atoms with Crippen molar-refractivity contribution in [3.63, 3.8) is 0 Å². The Morgan fingerprint density at radius 1 is 1.41 bits per heavy atom. The summed E-state index contributed by atoms with van der Waals surface area (Å²) in [4.78, 5) is 25.6. The number of hydrogen-bond acceptors (Lipinski definition) is 3. The molecule has 0 spiro atoms. The lowest BCUT2D eigenvalue weighted by molar-refractivity contribution is -0.128. The highest BCUT2D eigenvalue weighted by molar-refractivity contribution is 5.95. The van der Waals surface area contributed by atoms with E-state index < -0.39 is 5.91 Å². The number of aromatic nitrogens is 2. The lowest BCUT2D eigenvalue weighted by Gasteiger charge is -2.34. The molecule has 0 bridgehead atoms. The van der Waals surface area contributed by atoms with Crippen LogP contribution >= 0.6 is 0 Å². The molecular weight excluding hydrogens is 280 g/mol. The van der Waals surface area contributed by atoms with Crippen molar-refractivity contribution in [3.8, 4) is 11.8 Å². The number of carbonyl (C=O) groups excluding carboxylic acids is 2. The van der Waals surface area contributed by atoms with Gasteiger partial charge in [-0.25, -0.2) is 0 Å². The topological polar surface area (TPSA) is 92.1 Å². The fourth-order valence-electron chi connectivity index (χ4n) is 2.53. The summed E-state index contributed by atoms with van der Waals surface area (Å²) in [6.45, 7) is 6.50. The van der Waals surface area contributed by atoms with E-state index in [0.29, 0.717) is 17.8 Å². The van der Waals surface area contributed by atoms with Crippen LogP contribution in [0.4, 0.5) is 0 Å². The first-order valence-electron chi connectivity index (χ1n) is 7.46. The molecule has 0 saturated carbocycles. The molecular formula is C16H22N4O2. The second-order valence-corrected chi connectivity index (χ2v) is 6.57. The van der Waals surface area contributed by atoms with Crippen molar-refractivity contribution in [2.45, 2.75) is 46.1 Å². The van der Waals surface area contributed by atoms with E-state index in [-0.39, 0.29) is 17.4 Å². The number of aromatic amines is 1. The molecule has 6 nitrogen and oxygen atoms in total. The largest absolute Gasteiger partial charge is 0.365 e. The third-order valence-electron chi connectivity index (χ3n) is 3.58. The van der Waals surface area contributed by atoms with E-state index in [1.165, 1.54) is 6.20 Å². The number of carbonyl (C=O) groups is 2. The number of amides is 2. The molecule has 1 aromatic heterocycles. The number of piperidine rings is 1. The summed E-state index contributed by atoms with van der Waals surface area (Å²) >= 11 is 0. The highest BCUT2D eigenvalue weighted by Gasteiger charge is 2.31. The highest BCUT2D eigenvalue weighted by Crippen LogP contribution is 2.31. The third kappa shape index (κ3) is 3.67. The van der Waals surface area contributed by atoms with Gasteiger partial charge in [-0.2, -0.15) is 5.10 Å². The molecule has 2 rings (SSSR count). The minimum absolute atomic E-state index is 0.218. The second-order valence-electron chi connectivity index (χ2n) is 6.57. The Morgan fingerprint density at radius 3 is 2.77 bits per heavy atom. The number of nitrogens with one attached hydrogen (secondary N) is 1. The number of hydrogen-bond donors (Lipinski definition) is 2. The SMILES string of the molecule is CC(C)(C)C#CC(=O)N1CCCCC1c1[nH]ncc1C(N)=O. The van der Waals surface area contributed by atoms with E-state index in [1.54, 1.807) is 4.90 Å². The van der Waals surface area contributed by atoms with Gasteiger partial charge >= 0.3 is 0 Å². The number of likely N-dealkylation sites (tertiary alicyclic amines) is 1. The van der Waals surface area contributed by atoms with Gasteiger partial charge < -0.3 is 10.6 Å². The first-order chi connectivity index (χ1) is 10.3. The van der Waals surface area contributed by atoms with Crippen LogP contribution < -0.4 is 5.73 Å². The van der Waals surface area contributed by atoms with Gasteiger partial charge in [-0.1, -0.05) is 5.92 Å². The Morgan fingerprint density at radius 2 is 2.14 bits per heavy atom. The van der Waals surface area contributed by atoms with Crippen LogP contribution in [-0.2, 0) is 4.79 Å². The molecule has 0 radical (unpaired) electrons. The molecule has 1 aromatic rings. The van der Waals surface area contributed by atoms with Crippen LogP contribution in [0.1, 0.15) is 62.1 Å². The molecule has 3 N–H and O–H groups in total. The van der Waals surface area contributed by atoms with Crippen molar-refractivity contribution in [3.05, 3.63) is 17.5 Å². The van der Waals surface area contributed by atoms with Crippen LogP contribution in [-0.4, -0.2) is 33.5 Å². The summed E-state index contributed by atoms with van der Waals surface area (Å²) in [5.41, 5.74) is 6.09. The molecule has 1 aliphatic rings. The summed E-state index contributed by atoms with van der Waals surface area (Å²) in [7, 11) is 0. The minimum atomic E-state index is -0.539. The Balaban J connectivity index is 2.28. The van der Waals surface area contributed by atoms with Gasteiger partial charge in [0.05, 0.1) is 23.5 Å². The summed E-state index contributed by atoms with van der Waals surface area (Å²) in [5.74, 6) is 4.93. The third-order valence-corrected chi connectivity index (χ3v) is 3.58. The molecule has 1 fully saturated rings. The van der Waals surface area contributed by atoms with E-state index in [4.69, 9.17) is 5.73 Å². The first-order valence-corrected chi connectivity index (χ1v) is 7.46. The molecule has 1 saturated heterocycles. The van der Waals surface area contributed by atoms with Crippen molar-refractivity contribution in [2.24, 2.45) is 11.1 Å². The maximum Gasteiger partial charge on any atom is 0.299 e. The van der Waals surface area contributed by atoms with Gasteiger partial charge in [-0.05, 0) is 46.0 Å². The normalized spacial score (nSPS) is 18.5. The number of primary amides is 1. The van der Waals surface area contributed by atoms with Crippen LogP contribution in [0, 0.1) is 17.3 Å². The quantitative estimate of drug-likeness (QED) is 0.813. The van der Waals surface area contributed by atoms with Gasteiger partial charge in [0.15, 0.2) is 0 Å². The molecule has 118 valence electrons. The summed E-state index contributed by atoms with van der Waals surface area (Å²) in [5, 5.41) is 6.72. The maximum atomic E-state index is 12.4. The van der Waals surface area contributed by atoms with Gasteiger partial charge in [-0.3, -0.25) is 14.7 Å². The van der Waals surface area contributed by atoms with Gasteiger partial charge in [0.2, 0.25) is 0 Å². The Labute approximate surface area is 130 Å². The van der Waals surface area contributed by atoms with E-state index >= 15 is 0 Å². The second kappa shape index (κ2) is 6.22. The lowest BCUT2D eigenvalue weighted by Crippen LogP contribution is -2.38. The van der Waals surface area contributed by atoms with Crippen LogP contribution in [0.25, 0.3) is 0 Å². The van der Waals surface area contributed by atoms with Gasteiger partial charge in [0.1, 0.15) is 0 Å². The Kier molecular flexibility index (Phi) is 4.55. The highest BCUT2D eigenvalue weighted by atomic mass is 16.2. The molecule has 1 aliphatic heterocycles. The average molecular weight is 302 g/mol. The van der Waals surface area contributed by atoms with Crippen LogP contribution in [0.2, 0.25) is 0 Å². The monoisotopic (exact) mass is 302 g/mol. The minimum Gasteiger partial charge on any atom is -0.365 e. The number of rotatable bonds is 2. The van der Waals surface area contributed by atoms with Crippen molar-refractivity contribution in [2.75, 3.05) is 6.54 Å². The standard InChI is InChI=1S/C16H22N4O2/c1-16(2,3)8-7-13(21)20-9-5-4-6-12(20)14-11(15(17)22)10-18-19-14/h10,12H,4-6,9H2,1-3H3,(H2,17,22)(H,18,19). The van der Waals surface area contributed by atoms with Gasteiger partial charge in [0.25, 0.3) is 11.8 Å². The van der Waals surface area contributed by atoms with Crippen molar-refractivity contribution >= 4 is 11.8 Å². The fourth-order valence-corrected chi connectivity index (χ4v) is 2.53. The maximum absolute atomic E-state index is 12.4. The van der Waals surface area contributed by atoms with Crippen LogP contribution in [0.3, 0.4) is 0 Å².